The number of thiophene rings is 2. The fraction of sp³-hybridized carbons (Fsp3) is 0.286. The number of hydrogen-bond donors (Lipinski definition) is 2. The van der Waals surface area contributed by atoms with Crippen molar-refractivity contribution in [1.29, 1.82) is 0 Å². The molecule has 42 heavy (non-hydrogen) atoms. The minimum absolute atomic E-state index is 0.0509. The molecule has 0 atom stereocenters. The lowest BCUT2D eigenvalue weighted by atomic mass is 10.1. The van der Waals surface area contributed by atoms with Gasteiger partial charge in [0.25, 0.3) is 0 Å². The van der Waals surface area contributed by atoms with Crippen molar-refractivity contribution in [2.75, 3.05) is 27.4 Å². The Morgan fingerprint density at radius 3 is 1.38 bits per heavy atom. The number of carboxylic acid groups (broad SMARTS) is 2. The molecule has 0 aliphatic rings. The molecule has 2 aromatic heterocycles. The average molecular weight is 623 g/mol. The van der Waals surface area contributed by atoms with Gasteiger partial charge in [-0.3, -0.25) is 19.2 Å². The second-order valence-electron chi connectivity index (χ2n) is 8.82. The van der Waals surface area contributed by atoms with E-state index >= 15 is 8.78 Å². The number of aliphatic carboxylic acids is 2. The van der Waals surface area contributed by atoms with Gasteiger partial charge in [-0.1, -0.05) is 0 Å². The zero-order chi connectivity index (χ0) is 30.6. The maximum Gasteiger partial charge on any atom is 0.303 e. The molecule has 0 aliphatic heterocycles. The fourth-order valence-electron chi connectivity index (χ4n) is 4.02. The summed E-state index contributed by atoms with van der Waals surface area (Å²) >= 11 is 2.01. The smallest absolute Gasteiger partial charge is 0.303 e. The monoisotopic (exact) mass is 622 g/mol. The highest BCUT2D eigenvalue weighted by Crippen LogP contribution is 2.42. The molecule has 222 valence electrons. The fourth-order valence-corrected chi connectivity index (χ4v) is 6.13. The van der Waals surface area contributed by atoms with Crippen molar-refractivity contribution in [3.63, 3.8) is 0 Å². The minimum atomic E-state index is -1.12. The number of hydrogen-bond acceptors (Lipinski definition) is 10. The number of benzene rings is 2. The molecule has 2 aromatic carbocycles. The number of fused-ring (bicyclic) bond motifs is 2. The number of carbonyl (C=O) groups is 4. The number of ether oxygens (including phenoxy) is 4. The van der Waals surface area contributed by atoms with Gasteiger partial charge < -0.3 is 29.2 Å². The van der Waals surface area contributed by atoms with E-state index in [1.807, 2.05) is 0 Å². The van der Waals surface area contributed by atoms with Gasteiger partial charge in [-0.25, -0.2) is 8.78 Å². The third-order valence-electron chi connectivity index (χ3n) is 6.06. The standard InChI is InChI=1S/C28H24F2O10S2/c1-37-17-11-19-13(9-21(41-19)15(31)3-5-23(33)34)25(29)27(17)39-7-8-40-28-18(38-2)12-20-14(26(28)30)10-22(42-20)16(32)4-6-24(35)36/h9-12H,3-8H2,1-2H3,(H,33,34)(H,35,36). The Balaban J connectivity index is 1.50. The van der Waals surface area contributed by atoms with Gasteiger partial charge in [0.2, 0.25) is 0 Å². The van der Waals surface area contributed by atoms with E-state index in [0.717, 1.165) is 22.7 Å². The SMILES string of the molecule is COc1cc2sc(C(=O)CCC(=O)O)cc2c(F)c1OCCOc1c(OC)cc2sc(C(=O)CCC(=O)O)cc2c1F. The van der Waals surface area contributed by atoms with Gasteiger partial charge in [0.15, 0.2) is 46.2 Å². The lowest BCUT2D eigenvalue weighted by Gasteiger charge is -2.14. The van der Waals surface area contributed by atoms with Crippen LogP contribution in [0.2, 0.25) is 0 Å². The van der Waals surface area contributed by atoms with E-state index in [2.05, 4.69) is 0 Å². The molecule has 0 amide bonds. The van der Waals surface area contributed by atoms with Crippen LogP contribution in [0.15, 0.2) is 24.3 Å². The summed E-state index contributed by atoms with van der Waals surface area (Å²) in [5.41, 5.74) is 0. The van der Waals surface area contributed by atoms with Crippen LogP contribution < -0.4 is 18.9 Å². The molecular formula is C28H24F2O10S2. The zero-order valence-corrected chi connectivity index (χ0v) is 23.9. The molecule has 0 unspecified atom stereocenters. The van der Waals surface area contributed by atoms with Crippen LogP contribution in [0.3, 0.4) is 0 Å². The predicted octanol–water partition coefficient (Wildman–Crippen LogP) is 5.96. The molecule has 2 N–H and O–H groups in total. The number of Topliss-reactive ketones (excluding diaryl/α,β-unsaturated/α-hetero) is 2. The summed E-state index contributed by atoms with van der Waals surface area (Å²) in [7, 11) is 2.63. The van der Waals surface area contributed by atoms with Crippen LogP contribution >= 0.6 is 22.7 Å². The Morgan fingerprint density at radius 2 is 1.05 bits per heavy atom. The van der Waals surface area contributed by atoms with Crippen LogP contribution in [0.5, 0.6) is 23.0 Å². The van der Waals surface area contributed by atoms with Crippen molar-refractivity contribution < 1.29 is 57.1 Å². The van der Waals surface area contributed by atoms with Crippen LogP contribution in [-0.2, 0) is 9.59 Å². The number of halogens is 2. The molecule has 0 spiro atoms. The molecule has 4 rings (SSSR count). The first-order valence-corrected chi connectivity index (χ1v) is 14.0. The Bertz CT molecular complexity index is 1570. The first kappa shape index (κ1) is 30.7. The molecule has 4 aromatic rings. The Morgan fingerprint density at radius 1 is 0.667 bits per heavy atom. The van der Waals surface area contributed by atoms with Crippen molar-refractivity contribution in [2.24, 2.45) is 0 Å². The van der Waals surface area contributed by atoms with Crippen LogP contribution in [0, 0.1) is 11.6 Å². The molecule has 10 nitrogen and oxygen atoms in total. The maximum absolute atomic E-state index is 15.4. The molecule has 0 fully saturated rings. The summed E-state index contributed by atoms with van der Waals surface area (Å²) in [5.74, 6) is -5.06. The van der Waals surface area contributed by atoms with E-state index in [1.54, 1.807) is 0 Å². The molecule has 0 aliphatic carbocycles. The average Bonchev–Trinajstić information content (AvgIpc) is 3.59. The van der Waals surface area contributed by atoms with E-state index in [4.69, 9.17) is 29.2 Å². The summed E-state index contributed by atoms with van der Waals surface area (Å²) in [4.78, 5) is 46.6. The molecule has 0 bridgehead atoms. The molecule has 14 heteroatoms. The highest BCUT2D eigenvalue weighted by atomic mass is 32.1. The Kier molecular flexibility index (Phi) is 9.58. The van der Waals surface area contributed by atoms with Gasteiger partial charge in [-0.2, -0.15) is 0 Å². The first-order valence-electron chi connectivity index (χ1n) is 12.4. The summed E-state index contributed by atoms with van der Waals surface area (Å²) in [6.45, 7) is -0.479. The van der Waals surface area contributed by atoms with Crippen LogP contribution in [0.1, 0.15) is 45.0 Å². The van der Waals surface area contributed by atoms with Crippen molar-refractivity contribution in [3.05, 3.63) is 45.7 Å². The van der Waals surface area contributed by atoms with E-state index in [-0.39, 0.29) is 82.4 Å². The molecule has 0 saturated heterocycles. The van der Waals surface area contributed by atoms with E-state index in [1.165, 1.54) is 38.5 Å². The van der Waals surface area contributed by atoms with E-state index in [9.17, 15) is 19.2 Å². The largest absolute Gasteiger partial charge is 0.493 e. The molecule has 2 heterocycles. The second kappa shape index (κ2) is 13.1. The summed E-state index contributed by atoms with van der Waals surface area (Å²) in [6, 6.07) is 5.66. The van der Waals surface area contributed by atoms with Gasteiger partial charge in [0.05, 0.1) is 36.8 Å². The van der Waals surface area contributed by atoms with Gasteiger partial charge in [-0.05, 0) is 12.1 Å². The normalized spacial score (nSPS) is 11.0. The van der Waals surface area contributed by atoms with Gasteiger partial charge in [-0.15, -0.1) is 22.7 Å². The quantitative estimate of drug-likeness (QED) is 0.120. The predicted molar refractivity (Wildman–Crippen MR) is 150 cm³/mol. The first-order chi connectivity index (χ1) is 20.0. The number of ketones is 2. The number of carbonyl (C=O) groups excluding carboxylic acids is 2. The maximum atomic E-state index is 15.4. The van der Waals surface area contributed by atoms with Crippen molar-refractivity contribution in [3.8, 4) is 23.0 Å². The molecule has 0 radical (unpaired) electrons. The lowest BCUT2D eigenvalue weighted by Crippen LogP contribution is -2.12. The van der Waals surface area contributed by atoms with Crippen LogP contribution in [-0.4, -0.2) is 61.2 Å². The summed E-state index contributed by atoms with van der Waals surface area (Å²) < 4.78 is 53.3. The number of carboxylic acids is 2. The van der Waals surface area contributed by atoms with Crippen molar-refractivity contribution in [2.45, 2.75) is 25.7 Å². The van der Waals surface area contributed by atoms with Crippen molar-refractivity contribution in [1.82, 2.24) is 0 Å². The molecule has 0 saturated carbocycles. The second-order valence-corrected chi connectivity index (χ2v) is 11.0. The van der Waals surface area contributed by atoms with Crippen LogP contribution in [0.25, 0.3) is 20.2 Å². The third kappa shape index (κ3) is 6.60. The number of methoxy groups -OCH3 is 2. The highest BCUT2D eigenvalue weighted by Gasteiger charge is 2.23. The van der Waals surface area contributed by atoms with Gasteiger partial charge in [0.1, 0.15) is 13.2 Å². The summed E-state index contributed by atoms with van der Waals surface area (Å²) in [6.07, 6.45) is -1.13. The third-order valence-corrected chi connectivity index (χ3v) is 8.31. The topological polar surface area (TPSA) is 146 Å². The van der Waals surface area contributed by atoms with Gasteiger partial charge in [0, 0.05) is 45.1 Å². The Hall–Kier alpha value is -4.30. The highest BCUT2D eigenvalue weighted by molar-refractivity contribution is 7.21. The van der Waals surface area contributed by atoms with E-state index in [0.29, 0.717) is 9.40 Å². The molecular weight excluding hydrogens is 598 g/mol. The van der Waals surface area contributed by atoms with Crippen LogP contribution in [0.4, 0.5) is 8.78 Å². The minimum Gasteiger partial charge on any atom is -0.493 e. The van der Waals surface area contributed by atoms with E-state index < -0.39 is 35.1 Å². The Labute approximate surface area is 245 Å². The van der Waals surface area contributed by atoms with Crippen molar-refractivity contribution >= 4 is 66.4 Å². The summed E-state index contributed by atoms with van der Waals surface area (Å²) in [5, 5.41) is 17.8. The zero-order valence-electron chi connectivity index (χ0n) is 22.3. The van der Waals surface area contributed by atoms with Gasteiger partial charge >= 0.3 is 11.9 Å². The lowest BCUT2D eigenvalue weighted by molar-refractivity contribution is -0.137. The number of rotatable bonds is 15.